The van der Waals surface area contributed by atoms with Crippen LogP contribution in [0.2, 0.25) is 0 Å². The van der Waals surface area contributed by atoms with Crippen LogP contribution in [0.1, 0.15) is 49.4 Å². The summed E-state index contributed by atoms with van der Waals surface area (Å²) in [5.41, 5.74) is 2.46. The van der Waals surface area contributed by atoms with Gasteiger partial charge in [-0.05, 0) is 27.7 Å². The molecule has 8 nitrogen and oxygen atoms in total. The van der Waals surface area contributed by atoms with Crippen LogP contribution in [-0.2, 0) is 24.2 Å². The molecule has 24 heavy (non-hydrogen) atoms. The number of aromatic nitrogens is 2. The summed E-state index contributed by atoms with van der Waals surface area (Å²) in [4.78, 5) is 26.6. The second kappa shape index (κ2) is 5.61. The predicted octanol–water partition coefficient (Wildman–Crippen LogP) is 1.64. The molecule has 130 valence electrons. The topological polar surface area (TPSA) is 80.0 Å². The molecule has 0 aromatic carbocycles. The van der Waals surface area contributed by atoms with Crippen molar-refractivity contribution in [1.82, 2.24) is 19.7 Å². The molecule has 8 heteroatoms. The summed E-state index contributed by atoms with van der Waals surface area (Å²) >= 11 is 0. The SMILES string of the molecule is CC1=NN(C)C(=O)c2c3c(nn2C1)CCN(C(=O)OC(C)(C)C)C3. The Kier molecular flexibility index (Phi) is 3.85. The van der Waals surface area contributed by atoms with E-state index >= 15 is 0 Å². The molecule has 2 aliphatic heterocycles. The van der Waals surface area contributed by atoms with Crippen molar-refractivity contribution in [3.63, 3.8) is 0 Å². The molecule has 3 rings (SSSR count). The van der Waals surface area contributed by atoms with Crippen LogP contribution in [-0.4, -0.2) is 56.6 Å². The monoisotopic (exact) mass is 333 g/mol. The van der Waals surface area contributed by atoms with Gasteiger partial charge in [0.1, 0.15) is 11.3 Å². The number of amides is 2. The second-order valence-corrected chi connectivity index (χ2v) is 7.25. The van der Waals surface area contributed by atoms with Crippen LogP contribution in [0.25, 0.3) is 0 Å². The Labute approximate surface area is 141 Å². The molecule has 0 bridgehead atoms. The Morgan fingerprint density at radius 1 is 1.25 bits per heavy atom. The molecule has 2 aliphatic rings. The average Bonchev–Trinajstić information content (AvgIpc) is 2.75. The van der Waals surface area contributed by atoms with Crippen molar-refractivity contribution < 1.29 is 14.3 Å². The highest BCUT2D eigenvalue weighted by molar-refractivity contribution is 5.97. The van der Waals surface area contributed by atoms with E-state index in [1.54, 1.807) is 16.6 Å². The lowest BCUT2D eigenvalue weighted by Gasteiger charge is -2.30. The highest BCUT2D eigenvalue weighted by atomic mass is 16.6. The molecular weight excluding hydrogens is 310 g/mol. The van der Waals surface area contributed by atoms with E-state index in [1.165, 1.54) is 5.01 Å². The van der Waals surface area contributed by atoms with Crippen molar-refractivity contribution in [3.05, 3.63) is 17.0 Å². The zero-order chi connectivity index (χ0) is 17.6. The van der Waals surface area contributed by atoms with Gasteiger partial charge in [0, 0.05) is 25.6 Å². The van der Waals surface area contributed by atoms with Crippen LogP contribution in [0.5, 0.6) is 0 Å². The Balaban J connectivity index is 1.91. The molecule has 0 unspecified atom stereocenters. The summed E-state index contributed by atoms with van der Waals surface area (Å²) in [7, 11) is 1.63. The van der Waals surface area contributed by atoms with Gasteiger partial charge in [0.25, 0.3) is 5.91 Å². The quantitative estimate of drug-likeness (QED) is 0.723. The Hall–Kier alpha value is -2.38. The van der Waals surface area contributed by atoms with Crippen LogP contribution in [0.15, 0.2) is 5.10 Å². The highest BCUT2D eigenvalue weighted by Gasteiger charge is 2.34. The van der Waals surface area contributed by atoms with Crippen LogP contribution in [0.4, 0.5) is 4.79 Å². The van der Waals surface area contributed by atoms with Gasteiger partial charge in [-0.2, -0.15) is 10.2 Å². The summed E-state index contributed by atoms with van der Waals surface area (Å²) < 4.78 is 7.15. The minimum atomic E-state index is -0.547. The molecule has 1 aromatic heterocycles. The van der Waals surface area contributed by atoms with Gasteiger partial charge in [-0.15, -0.1) is 0 Å². The van der Waals surface area contributed by atoms with Crippen molar-refractivity contribution in [3.8, 4) is 0 Å². The summed E-state index contributed by atoms with van der Waals surface area (Å²) in [6.07, 6.45) is 0.247. The number of carbonyl (C=O) groups is 2. The first-order valence-electron chi connectivity index (χ1n) is 8.04. The maximum Gasteiger partial charge on any atom is 0.410 e. The molecule has 1 aromatic rings. The lowest BCUT2D eigenvalue weighted by molar-refractivity contribution is 0.0222. The van der Waals surface area contributed by atoms with Gasteiger partial charge >= 0.3 is 6.09 Å². The van der Waals surface area contributed by atoms with Gasteiger partial charge in [0.15, 0.2) is 0 Å². The standard InChI is InChI=1S/C16H23N5O3/c1-10-8-21-13(14(22)19(5)17-10)11-9-20(7-6-12(11)18-21)15(23)24-16(2,3)4/h6-9H2,1-5H3. The van der Waals surface area contributed by atoms with Gasteiger partial charge in [-0.25, -0.2) is 9.80 Å². The van der Waals surface area contributed by atoms with Crippen LogP contribution >= 0.6 is 0 Å². The first-order chi connectivity index (χ1) is 11.2. The van der Waals surface area contributed by atoms with Crippen LogP contribution in [0, 0.1) is 0 Å². The number of hydrazone groups is 1. The molecule has 0 N–H and O–H groups in total. The van der Waals surface area contributed by atoms with E-state index in [-0.39, 0.29) is 12.0 Å². The highest BCUT2D eigenvalue weighted by Crippen LogP contribution is 2.26. The molecular formula is C16H23N5O3. The third-order valence-corrected chi connectivity index (χ3v) is 3.95. The van der Waals surface area contributed by atoms with Crippen molar-refractivity contribution in [2.75, 3.05) is 13.6 Å². The lowest BCUT2D eigenvalue weighted by Crippen LogP contribution is -2.40. The van der Waals surface area contributed by atoms with Crippen molar-refractivity contribution in [2.45, 2.75) is 52.8 Å². The summed E-state index contributed by atoms with van der Waals surface area (Å²) in [6, 6.07) is 0. The van der Waals surface area contributed by atoms with Crippen molar-refractivity contribution in [2.24, 2.45) is 5.10 Å². The van der Waals surface area contributed by atoms with E-state index in [4.69, 9.17) is 4.74 Å². The average molecular weight is 333 g/mol. The normalized spacial score (nSPS) is 17.9. The Morgan fingerprint density at radius 3 is 2.62 bits per heavy atom. The van der Waals surface area contributed by atoms with E-state index in [0.29, 0.717) is 31.7 Å². The minimum Gasteiger partial charge on any atom is -0.444 e. The van der Waals surface area contributed by atoms with Crippen molar-refractivity contribution >= 4 is 17.7 Å². The molecule has 0 aliphatic carbocycles. The first kappa shape index (κ1) is 16.5. The van der Waals surface area contributed by atoms with Crippen molar-refractivity contribution in [1.29, 1.82) is 0 Å². The fourth-order valence-electron chi connectivity index (χ4n) is 2.97. The molecule has 3 heterocycles. The van der Waals surface area contributed by atoms with Crippen LogP contribution < -0.4 is 0 Å². The van der Waals surface area contributed by atoms with Crippen LogP contribution in [0.3, 0.4) is 0 Å². The predicted molar refractivity (Wildman–Crippen MR) is 87.8 cm³/mol. The second-order valence-electron chi connectivity index (χ2n) is 7.25. The lowest BCUT2D eigenvalue weighted by atomic mass is 10.1. The fourth-order valence-corrected chi connectivity index (χ4v) is 2.97. The Bertz CT molecular complexity index is 729. The number of ether oxygens (including phenoxy) is 1. The number of hydrogen-bond donors (Lipinski definition) is 0. The number of rotatable bonds is 0. The van der Waals surface area contributed by atoms with E-state index in [0.717, 1.165) is 17.0 Å². The van der Waals surface area contributed by atoms with Gasteiger partial charge < -0.3 is 9.64 Å². The van der Waals surface area contributed by atoms with Gasteiger partial charge in [0.05, 0.1) is 24.5 Å². The molecule has 0 radical (unpaired) electrons. The van der Waals surface area contributed by atoms with Gasteiger partial charge in [0.2, 0.25) is 0 Å². The molecule has 0 fully saturated rings. The third kappa shape index (κ3) is 3.00. The number of carbonyl (C=O) groups excluding carboxylic acids is 2. The summed E-state index contributed by atoms with van der Waals surface area (Å²) in [5.74, 6) is -0.202. The number of nitrogens with zero attached hydrogens (tertiary/aromatic N) is 5. The smallest absolute Gasteiger partial charge is 0.410 e. The van der Waals surface area contributed by atoms with Gasteiger partial charge in [-0.3, -0.25) is 9.48 Å². The molecule has 0 atom stereocenters. The Morgan fingerprint density at radius 2 is 1.96 bits per heavy atom. The molecule has 0 spiro atoms. The van der Waals surface area contributed by atoms with E-state index < -0.39 is 5.60 Å². The maximum atomic E-state index is 12.6. The van der Waals surface area contributed by atoms with E-state index in [2.05, 4.69) is 10.2 Å². The molecule has 0 saturated heterocycles. The zero-order valence-electron chi connectivity index (χ0n) is 14.8. The van der Waals surface area contributed by atoms with E-state index in [1.807, 2.05) is 27.7 Å². The number of fused-ring (bicyclic) bond motifs is 3. The first-order valence-corrected chi connectivity index (χ1v) is 8.04. The maximum absolute atomic E-state index is 12.6. The molecule has 2 amide bonds. The number of hydrogen-bond acceptors (Lipinski definition) is 5. The van der Waals surface area contributed by atoms with Gasteiger partial charge in [-0.1, -0.05) is 0 Å². The fraction of sp³-hybridized carbons (Fsp3) is 0.625. The summed E-state index contributed by atoms with van der Waals surface area (Å²) in [5, 5.41) is 10.1. The summed E-state index contributed by atoms with van der Waals surface area (Å²) in [6.45, 7) is 8.73. The zero-order valence-corrected chi connectivity index (χ0v) is 14.8. The third-order valence-electron chi connectivity index (χ3n) is 3.95. The van der Waals surface area contributed by atoms with E-state index in [9.17, 15) is 9.59 Å². The largest absolute Gasteiger partial charge is 0.444 e. The molecule has 0 saturated carbocycles. The minimum absolute atomic E-state index is 0.202.